The number of aliphatic hydroxyl groups excluding tert-OH is 1. The molecule has 0 aromatic heterocycles. The molecular weight excluding hydrogens is 178 g/mol. The fourth-order valence-electron chi connectivity index (χ4n) is 1.42. The van der Waals surface area contributed by atoms with Gasteiger partial charge in [0.2, 0.25) is 0 Å². The fraction of sp³-hybridized carbons (Fsp3) is 0.333. The van der Waals surface area contributed by atoms with Gasteiger partial charge in [-0.05, 0) is 12.1 Å². The third-order valence-electron chi connectivity index (χ3n) is 2.07. The van der Waals surface area contributed by atoms with Crippen molar-refractivity contribution in [1.82, 2.24) is 0 Å². The van der Waals surface area contributed by atoms with Crippen LogP contribution < -0.4 is 4.74 Å². The maximum Gasteiger partial charge on any atom is 0.165 e. The Bertz CT molecular complexity index is 339. The molecule has 0 radical (unpaired) electrons. The summed E-state index contributed by atoms with van der Waals surface area (Å²) < 4.78 is 31.0. The minimum atomic E-state index is -0.959. The Morgan fingerprint density at radius 2 is 2.00 bits per heavy atom. The Morgan fingerprint density at radius 3 is 2.69 bits per heavy atom. The summed E-state index contributed by atoms with van der Waals surface area (Å²) in [6.45, 7) is 0.217. The lowest BCUT2D eigenvalue weighted by atomic mass is 10.0. The van der Waals surface area contributed by atoms with E-state index in [1.54, 1.807) is 0 Å². The van der Waals surface area contributed by atoms with Crippen LogP contribution in [0.25, 0.3) is 0 Å². The molecular formula is C9H8F2O2. The first-order valence-electron chi connectivity index (χ1n) is 3.99. The summed E-state index contributed by atoms with van der Waals surface area (Å²) in [6.07, 6.45) is -0.660. The summed E-state index contributed by atoms with van der Waals surface area (Å²) in [4.78, 5) is 0. The van der Waals surface area contributed by atoms with Crippen molar-refractivity contribution in [2.45, 2.75) is 12.5 Å². The summed E-state index contributed by atoms with van der Waals surface area (Å²) in [6, 6.07) is 1.98. The molecule has 0 fully saturated rings. The van der Waals surface area contributed by atoms with E-state index in [1.807, 2.05) is 0 Å². The summed E-state index contributed by atoms with van der Waals surface area (Å²) in [5, 5.41) is 9.38. The summed E-state index contributed by atoms with van der Waals surface area (Å²) >= 11 is 0. The van der Waals surface area contributed by atoms with E-state index in [4.69, 9.17) is 4.74 Å². The van der Waals surface area contributed by atoms with Crippen LogP contribution in [0.1, 0.15) is 18.1 Å². The molecule has 1 aromatic rings. The quantitative estimate of drug-likeness (QED) is 0.669. The highest BCUT2D eigenvalue weighted by molar-refractivity contribution is 5.39. The van der Waals surface area contributed by atoms with Crippen LogP contribution in [0.15, 0.2) is 12.1 Å². The maximum atomic E-state index is 13.1. The Labute approximate surface area is 73.8 Å². The van der Waals surface area contributed by atoms with Gasteiger partial charge in [-0.25, -0.2) is 8.78 Å². The zero-order chi connectivity index (χ0) is 9.42. The topological polar surface area (TPSA) is 29.5 Å². The zero-order valence-electron chi connectivity index (χ0n) is 6.76. The molecule has 0 bridgehead atoms. The van der Waals surface area contributed by atoms with Gasteiger partial charge in [0.15, 0.2) is 11.6 Å². The molecule has 0 aliphatic carbocycles. The molecule has 0 saturated heterocycles. The van der Waals surface area contributed by atoms with Crippen molar-refractivity contribution < 1.29 is 18.6 Å². The van der Waals surface area contributed by atoms with Crippen LogP contribution in [0, 0.1) is 11.6 Å². The van der Waals surface area contributed by atoms with E-state index in [-0.39, 0.29) is 17.9 Å². The van der Waals surface area contributed by atoms with E-state index in [0.717, 1.165) is 12.1 Å². The lowest BCUT2D eigenvalue weighted by Crippen LogP contribution is -2.16. The first-order valence-corrected chi connectivity index (χ1v) is 3.99. The van der Waals surface area contributed by atoms with Crippen molar-refractivity contribution in [3.8, 4) is 5.75 Å². The number of rotatable bonds is 0. The van der Waals surface area contributed by atoms with Crippen LogP contribution in [0.4, 0.5) is 8.78 Å². The minimum absolute atomic E-state index is 0.0637. The standard InChI is InChI=1S/C9H8F2O2/c10-5-1-2-6(11)9-8(5)7(12)3-4-13-9/h1-2,7,12H,3-4H2. The number of benzene rings is 1. The van der Waals surface area contributed by atoms with Crippen molar-refractivity contribution in [3.05, 3.63) is 29.3 Å². The molecule has 13 heavy (non-hydrogen) atoms. The van der Waals surface area contributed by atoms with Gasteiger partial charge in [0.25, 0.3) is 0 Å². The smallest absolute Gasteiger partial charge is 0.165 e. The van der Waals surface area contributed by atoms with Gasteiger partial charge in [0, 0.05) is 6.42 Å². The minimum Gasteiger partial charge on any atom is -0.490 e. The van der Waals surface area contributed by atoms with Gasteiger partial charge in [-0.15, -0.1) is 0 Å². The highest BCUT2D eigenvalue weighted by Gasteiger charge is 2.25. The summed E-state index contributed by atoms with van der Waals surface area (Å²) in [7, 11) is 0. The molecule has 0 amide bonds. The molecule has 1 heterocycles. The number of fused-ring (bicyclic) bond motifs is 1. The van der Waals surface area contributed by atoms with Gasteiger partial charge < -0.3 is 9.84 Å². The average molecular weight is 186 g/mol. The van der Waals surface area contributed by atoms with Gasteiger partial charge in [0.1, 0.15) is 5.82 Å². The molecule has 1 aromatic carbocycles. The summed E-state index contributed by atoms with van der Waals surface area (Å²) in [5.74, 6) is -1.41. The Kier molecular flexibility index (Phi) is 1.92. The van der Waals surface area contributed by atoms with Crippen LogP contribution in [-0.2, 0) is 0 Å². The second kappa shape index (κ2) is 2.96. The lowest BCUT2D eigenvalue weighted by Gasteiger charge is -2.22. The van der Waals surface area contributed by atoms with Crippen LogP contribution >= 0.6 is 0 Å². The molecule has 1 aliphatic rings. The number of hydrogen-bond donors (Lipinski definition) is 1. The number of hydrogen-bond acceptors (Lipinski definition) is 2. The molecule has 2 rings (SSSR count). The fourth-order valence-corrected chi connectivity index (χ4v) is 1.42. The van der Waals surface area contributed by atoms with Crippen molar-refractivity contribution in [2.75, 3.05) is 6.61 Å². The van der Waals surface area contributed by atoms with Crippen molar-refractivity contribution >= 4 is 0 Å². The Balaban J connectivity index is 2.60. The highest BCUT2D eigenvalue weighted by Crippen LogP contribution is 2.35. The molecule has 1 atom stereocenters. The van der Waals surface area contributed by atoms with E-state index in [1.165, 1.54) is 0 Å². The predicted octanol–water partition coefficient (Wildman–Crippen LogP) is 1.78. The predicted molar refractivity (Wildman–Crippen MR) is 41.4 cm³/mol. The van der Waals surface area contributed by atoms with Crippen molar-refractivity contribution in [2.24, 2.45) is 0 Å². The van der Waals surface area contributed by atoms with Gasteiger partial charge in [-0.1, -0.05) is 0 Å². The van der Waals surface area contributed by atoms with Crippen LogP contribution in [0.5, 0.6) is 5.75 Å². The number of aliphatic hydroxyl groups is 1. The van der Waals surface area contributed by atoms with Gasteiger partial charge >= 0.3 is 0 Å². The van der Waals surface area contributed by atoms with Gasteiger partial charge in [-0.3, -0.25) is 0 Å². The maximum absolute atomic E-state index is 13.1. The normalized spacial score (nSPS) is 20.7. The monoisotopic (exact) mass is 186 g/mol. The van der Waals surface area contributed by atoms with E-state index < -0.39 is 17.7 Å². The third kappa shape index (κ3) is 1.27. The summed E-state index contributed by atoms with van der Waals surface area (Å²) in [5.41, 5.74) is -0.0637. The SMILES string of the molecule is OC1CCOc2c(F)ccc(F)c21. The molecule has 0 spiro atoms. The lowest BCUT2D eigenvalue weighted by molar-refractivity contribution is 0.107. The van der Waals surface area contributed by atoms with Crippen LogP contribution in [-0.4, -0.2) is 11.7 Å². The zero-order valence-corrected chi connectivity index (χ0v) is 6.76. The molecule has 2 nitrogen and oxygen atoms in total. The highest BCUT2D eigenvalue weighted by atomic mass is 19.1. The van der Waals surface area contributed by atoms with E-state index in [2.05, 4.69) is 0 Å². The van der Waals surface area contributed by atoms with Crippen molar-refractivity contribution in [1.29, 1.82) is 0 Å². The van der Waals surface area contributed by atoms with E-state index in [9.17, 15) is 13.9 Å². The van der Waals surface area contributed by atoms with Crippen LogP contribution in [0.3, 0.4) is 0 Å². The number of halogens is 2. The largest absolute Gasteiger partial charge is 0.490 e. The van der Waals surface area contributed by atoms with E-state index >= 15 is 0 Å². The van der Waals surface area contributed by atoms with Gasteiger partial charge in [0.05, 0.1) is 18.3 Å². The number of ether oxygens (including phenoxy) is 1. The third-order valence-corrected chi connectivity index (χ3v) is 2.07. The second-order valence-corrected chi connectivity index (χ2v) is 2.92. The molecule has 70 valence electrons. The Hall–Kier alpha value is -1.16. The molecule has 1 N–H and O–H groups in total. The molecule has 4 heteroatoms. The second-order valence-electron chi connectivity index (χ2n) is 2.92. The first-order chi connectivity index (χ1) is 6.20. The first kappa shape index (κ1) is 8.44. The van der Waals surface area contributed by atoms with Gasteiger partial charge in [-0.2, -0.15) is 0 Å². The van der Waals surface area contributed by atoms with Crippen LogP contribution in [0.2, 0.25) is 0 Å². The van der Waals surface area contributed by atoms with Crippen molar-refractivity contribution in [3.63, 3.8) is 0 Å². The molecule has 0 saturated carbocycles. The van der Waals surface area contributed by atoms with E-state index in [0.29, 0.717) is 6.42 Å². The average Bonchev–Trinajstić information content (AvgIpc) is 2.12. The molecule has 1 aliphatic heterocycles. The Morgan fingerprint density at radius 1 is 1.31 bits per heavy atom. The molecule has 1 unspecified atom stereocenters.